The monoisotopic (exact) mass is 281 g/mol. The van der Waals surface area contributed by atoms with Gasteiger partial charge in [0.05, 0.1) is 18.2 Å². The smallest absolute Gasteiger partial charge is 0.180 e. The van der Waals surface area contributed by atoms with E-state index in [-0.39, 0.29) is 5.54 Å². The van der Waals surface area contributed by atoms with Crippen molar-refractivity contribution >= 4 is 11.6 Å². The Morgan fingerprint density at radius 2 is 1.84 bits per heavy atom. The minimum atomic E-state index is -0.214. The summed E-state index contributed by atoms with van der Waals surface area (Å²) in [7, 11) is 0. The first-order chi connectivity index (χ1) is 9.03. The van der Waals surface area contributed by atoms with E-state index in [0.29, 0.717) is 29.9 Å². The number of nitrogens with two attached hydrogens (primary N) is 1. The van der Waals surface area contributed by atoms with Crippen LogP contribution >= 0.6 is 11.6 Å². The summed E-state index contributed by atoms with van der Waals surface area (Å²) < 4.78 is 11.7. The Morgan fingerprint density at radius 1 is 1.21 bits per heavy atom. The van der Waals surface area contributed by atoms with Gasteiger partial charge in [-0.05, 0) is 30.4 Å². The van der Waals surface area contributed by atoms with Crippen molar-refractivity contribution in [3.63, 3.8) is 0 Å². The van der Waals surface area contributed by atoms with Crippen molar-refractivity contribution in [2.45, 2.75) is 44.6 Å². The Kier molecular flexibility index (Phi) is 3.14. The van der Waals surface area contributed by atoms with Crippen LogP contribution in [0.4, 0.5) is 0 Å². The molecule has 0 bridgehead atoms. The summed E-state index contributed by atoms with van der Waals surface area (Å²) in [6, 6.07) is 1.98. The molecule has 0 unspecified atom stereocenters. The van der Waals surface area contributed by atoms with Crippen molar-refractivity contribution < 1.29 is 9.47 Å². The molecule has 0 saturated heterocycles. The SMILES string of the molecule is CC(C)c1c(C2(N)CC2)cc(Cl)c2c1OCCCO2. The van der Waals surface area contributed by atoms with Crippen molar-refractivity contribution in [3.8, 4) is 11.5 Å². The molecule has 4 heteroatoms. The average Bonchev–Trinajstić information content (AvgIpc) is 3.12. The van der Waals surface area contributed by atoms with E-state index >= 15 is 0 Å². The van der Waals surface area contributed by atoms with Crippen molar-refractivity contribution in [1.29, 1.82) is 0 Å². The molecule has 2 aliphatic rings. The molecule has 0 amide bonds. The summed E-state index contributed by atoms with van der Waals surface area (Å²) in [6.45, 7) is 5.64. The van der Waals surface area contributed by atoms with Gasteiger partial charge in [0.15, 0.2) is 11.5 Å². The number of halogens is 1. The van der Waals surface area contributed by atoms with Gasteiger partial charge in [-0.3, -0.25) is 0 Å². The van der Waals surface area contributed by atoms with Crippen LogP contribution in [0.25, 0.3) is 0 Å². The molecule has 1 aliphatic carbocycles. The second-order valence-electron chi connectivity index (χ2n) is 5.84. The summed E-state index contributed by atoms with van der Waals surface area (Å²) in [5.74, 6) is 1.84. The van der Waals surface area contributed by atoms with Crippen molar-refractivity contribution in [2.75, 3.05) is 13.2 Å². The first-order valence-electron chi connectivity index (χ1n) is 6.94. The molecule has 1 aliphatic heterocycles. The maximum Gasteiger partial charge on any atom is 0.180 e. The van der Waals surface area contributed by atoms with Crippen molar-refractivity contribution in [3.05, 3.63) is 22.2 Å². The van der Waals surface area contributed by atoms with Crippen LogP contribution in [-0.4, -0.2) is 13.2 Å². The van der Waals surface area contributed by atoms with Gasteiger partial charge in [0, 0.05) is 17.5 Å². The molecule has 1 heterocycles. The van der Waals surface area contributed by atoms with Gasteiger partial charge < -0.3 is 15.2 Å². The lowest BCUT2D eigenvalue weighted by Crippen LogP contribution is -2.22. The van der Waals surface area contributed by atoms with E-state index in [9.17, 15) is 0 Å². The Labute approximate surface area is 119 Å². The zero-order chi connectivity index (χ0) is 13.6. The lowest BCUT2D eigenvalue weighted by atomic mass is 9.90. The number of ether oxygens (including phenoxy) is 2. The Morgan fingerprint density at radius 3 is 2.42 bits per heavy atom. The molecule has 19 heavy (non-hydrogen) atoms. The van der Waals surface area contributed by atoms with Crippen LogP contribution < -0.4 is 15.2 Å². The van der Waals surface area contributed by atoms with Gasteiger partial charge in [-0.1, -0.05) is 25.4 Å². The molecule has 0 radical (unpaired) electrons. The highest BCUT2D eigenvalue weighted by Gasteiger charge is 2.43. The molecule has 2 N–H and O–H groups in total. The number of hydrogen-bond acceptors (Lipinski definition) is 3. The number of fused-ring (bicyclic) bond motifs is 1. The van der Waals surface area contributed by atoms with Crippen molar-refractivity contribution in [1.82, 2.24) is 0 Å². The molecule has 3 nitrogen and oxygen atoms in total. The standard InChI is InChI=1S/C15H20ClNO2/c1-9(2)12-10(15(17)4-5-15)8-11(16)13-14(12)19-7-3-6-18-13/h8-9H,3-7,17H2,1-2H3. The van der Waals surface area contributed by atoms with Gasteiger partial charge in [0.1, 0.15) is 0 Å². The first kappa shape index (κ1) is 13.1. The molecule has 1 aromatic carbocycles. The van der Waals surface area contributed by atoms with E-state index in [2.05, 4.69) is 13.8 Å². The van der Waals surface area contributed by atoms with Gasteiger partial charge in [0.25, 0.3) is 0 Å². The summed E-state index contributed by atoms with van der Waals surface area (Å²) in [4.78, 5) is 0. The van der Waals surface area contributed by atoms with Crippen LogP contribution in [0.2, 0.25) is 5.02 Å². The van der Waals surface area contributed by atoms with Crippen LogP contribution in [0.15, 0.2) is 6.07 Å². The molecular weight excluding hydrogens is 262 g/mol. The third-order valence-electron chi connectivity index (χ3n) is 3.91. The lowest BCUT2D eigenvalue weighted by molar-refractivity contribution is 0.295. The zero-order valence-electron chi connectivity index (χ0n) is 11.5. The minimum Gasteiger partial charge on any atom is -0.489 e. The molecule has 0 atom stereocenters. The van der Waals surface area contributed by atoms with Gasteiger partial charge in [-0.2, -0.15) is 0 Å². The van der Waals surface area contributed by atoms with Crippen LogP contribution in [0.3, 0.4) is 0 Å². The quantitative estimate of drug-likeness (QED) is 0.901. The molecular formula is C15H20ClNO2. The average molecular weight is 282 g/mol. The van der Waals surface area contributed by atoms with Gasteiger partial charge in [0.2, 0.25) is 0 Å². The van der Waals surface area contributed by atoms with Crippen LogP contribution in [0.1, 0.15) is 50.2 Å². The number of hydrogen-bond donors (Lipinski definition) is 1. The van der Waals surface area contributed by atoms with E-state index in [1.165, 1.54) is 5.56 Å². The summed E-state index contributed by atoms with van der Waals surface area (Å²) >= 11 is 6.37. The molecule has 0 aromatic heterocycles. The largest absolute Gasteiger partial charge is 0.489 e. The topological polar surface area (TPSA) is 44.5 Å². The summed E-state index contributed by atoms with van der Waals surface area (Å²) in [5.41, 5.74) is 8.48. The second kappa shape index (κ2) is 4.57. The summed E-state index contributed by atoms with van der Waals surface area (Å²) in [6.07, 6.45) is 2.91. The maximum atomic E-state index is 6.39. The van der Waals surface area contributed by atoms with Gasteiger partial charge >= 0.3 is 0 Å². The summed E-state index contributed by atoms with van der Waals surface area (Å²) in [5, 5.41) is 0.619. The first-order valence-corrected chi connectivity index (χ1v) is 7.32. The highest BCUT2D eigenvalue weighted by Crippen LogP contribution is 2.52. The molecule has 1 fully saturated rings. The van der Waals surface area contributed by atoms with E-state index in [1.807, 2.05) is 6.07 Å². The molecule has 1 saturated carbocycles. The fourth-order valence-corrected chi connectivity index (χ4v) is 2.95. The van der Waals surface area contributed by atoms with E-state index in [1.54, 1.807) is 0 Å². The zero-order valence-corrected chi connectivity index (χ0v) is 12.2. The molecule has 3 rings (SSSR count). The Bertz CT molecular complexity index is 509. The third kappa shape index (κ3) is 2.19. The van der Waals surface area contributed by atoms with E-state index in [0.717, 1.165) is 30.6 Å². The Hall–Kier alpha value is -0.930. The van der Waals surface area contributed by atoms with Crippen LogP contribution in [0, 0.1) is 0 Å². The number of benzene rings is 1. The fourth-order valence-electron chi connectivity index (χ4n) is 2.70. The predicted octanol–water partition coefficient (Wildman–Crippen LogP) is 3.57. The third-order valence-corrected chi connectivity index (χ3v) is 4.19. The van der Waals surface area contributed by atoms with Crippen molar-refractivity contribution in [2.24, 2.45) is 5.73 Å². The van der Waals surface area contributed by atoms with Gasteiger partial charge in [-0.15, -0.1) is 0 Å². The lowest BCUT2D eigenvalue weighted by Gasteiger charge is -2.23. The maximum absolute atomic E-state index is 6.39. The normalized spacial score (nSPS) is 20.3. The predicted molar refractivity (Wildman–Crippen MR) is 76.2 cm³/mol. The molecule has 0 spiro atoms. The second-order valence-corrected chi connectivity index (χ2v) is 6.25. The number of rotatable bonds is 2. The fraction of sp³-hybridized carbons (Fsp3) is 0.600. The molecule has 1 aromatic rings. The minimum absolute atomic E-state index is 0.214. The van der Waals surface area contributed by atoms with Crippen LogP contribution in [0.5, 0.6) is 11.5 Å². The highest BCUT2D eigenvalue weighted by molar-refractivity contribution is 6.32. The Balaban J connectivity index is 2.21. The molecule has 104 valence electrons. The van der Waals surface area contributed by atoms with E-state index in [4.69, 9.17) is 26.8 Å². The van der Waals surface area contributed by atoms with Gasteiger partial charge in [-0.25, -0.2) is 0 Å². The van der Waals surface area contributed by atoms with Crippen LogP contribution in [-0.2, 0) is 5.54 Å². The highest BCUT2D eigenvalue weighted by atomic mass is 35.5. The van der Waals surface area contributed by atoms with E-state index < -0.39 is 0 Å².